The molecule has 0 unspecified atom stereocenters. The molecule has 1 aromatic carbocycles. The fraction of sp³-hybridized carbons (Fsp3) is 0.625. The zero-order valence-corrected chi connectivity index (χ0v) is 12.6. The van der Waals surface area contributed by atoms with Gasteiger partial charge in [0.2, 0.25) is 0 Å². The number of phenolic OH excluding ortho intramolecular Hbond substituents is 1. The number of methoxy groups -OCH3 is 1. The predicted molar refractivity (Wildman–Crippen MR) is 79.7 cm³/mol. The topological polar surface area (TPSA) is 32.7 Å². The highest BCUT2D eigenvalue weighted by Gasteiger charge is 2.11. The highest BCUT2D eigenvalue weighted by atomic mass is 16.5. The molecule has 1 rings (SSSR count). The van der Waals surface area contributed by atoms with Gasteiger partial charge in [0.05, 0.1) is 7.11 Å². The normalized spacial score (nSPS) is 11.3. The second-order valence-corrected chi connectivity index (χ2v) is 5.28. The van der Waals surface area contributed by atoms with E-state index in [1.54, 1.807) is 13.2 Å². The molecule has 0 atom stereocenters. The highest BCUT2D eigenvalue weighted by Crippen LogP contribution is 2.27. The first-order chi connectivity index (χ1) is 9.08. The van der Waals surface area contributed by atoms with Gasteiger partial charge in [-0.1, -0.05) is 25.8 Å². The van der Waals surface area contributed by atoms with Crippen molar-refractivity contribution in [2.75, 3.05) is 13.7 Å². The maximum atomic E-state index is 9.81. The molecular weight excluding hydrogens is 238 g/mol. The summed E-state index contributed by atoms with van der Waals surface area (Å²) in [6.07, 6.45) is 3.75. The van der Waals surface area contributed by atoms with E-state index in [0.29, 0.717) is 11.8 Å². The lowest BCUT2D eigenvalue weighted by Gasteiger charge is -2.26. The van der Waals surface area contributed by atoms with Crippen LogP contribution in [-0.4, -0.2) is 29.7 Å². The Kier molecular flexibility index (Phi) is 6.71. The Morgan fingerprint density at radius 1 is 1.26 bits per heavy atom. The molecule has 1 N–H and O–H groups in total. The van der Waals surface area contributed by atoms with Gasteiger partial charge >= 0.3 is 0 Å². The van der Waals surface area contributed by atoms with Crippen molar-refractivity contribution in [2.45, 2.75) is 52.6 Å². The molecule has 0 heterocycles. The molecule has 0 radical (unpaired) electrons. The second-order valence-electron chi connectivity index (χ2n) is 5.28. The zero-order chi connectivity index (χ0) is 14.3. The Morgan fingerprint density at radius 3 is 2.53 bits per heavy atom. The molecule has 0 saturated heterocycles. The molecule has 108 valence electrons. The van der Waals surface area contributed by atoms with Crippen LogP contribution in [0, 0.1) is 0 Å². The highest BCUT2D eigenvalue weighted by molar-refractivity contribution is 5.41. The second kappa shape index (κ2) is 8.05. The van der Waals surface area contributed by atoms with E-state index in [2.05, 4.69) is 25.7 Å². The molecular formula is C16H27NO2. The summed E-state index contributed by atoms with van der Waals surface area (Å²) in [7, 11) is 1.57. The standard InChI is InChI=1S/C16H27NO2/c1-5-6-7-10-17(13(2)3)12-14-8-9-16(19-4)15(18)11-14/h8-9,11,13,18H,5-7,10,12H2,1-4H3. The van der Waals surface area contributed by atoms with E-state index in [1.807, 2.05) is 12.1 Å². The Bertz CT molecular complexity index is 377. The number of rotatable bonds is 8. The van der Waals surface area contributed by atoms with E-state index in [9.17, 15) is 5.11 Å². The quantitative estimate of drug-likeness (QED) is 0.726. The molecule has 1 aromatic rings. The largest absolute Gasteiger partial charge is 0.504 e. The third-order valence-electron chi connectivity index (χ3n) is 3.41. The van der Waals surface area contributed by atoms with Crippen molar-refractivity contribution < 1.29 is 9.84 Å². The van der Waals surface area contributed by atoms with Crippen LogP contribution in [0.5, 0.6) is 11.5 Å². The molecule has 0 spiro atoms. The van der Waals surface area contributed by atoms with Crippen molar-refractivity contribution in [3.8, 4) is 11.5 Å². The van der Waals surface area contributed by atoms with Crippen LogP contribution in [0.4, 0.5) is 0 Å². The van der Waals surface area contributed by atoms with E-state index < -0.39 is 0 Å². The van der Waals surface area contributed by atoms with Crippen LogP contribution < -0.4 is 4.74 Å². The number of hydrogen-bond acceptors (Lipinski definition) is 3. The molecule has 19 heavy (non-hydrogen) atoms. The van der Waals surface area contributed by atoms with Crippen molar-refractivity contribution in [1.29, 1.82) is 0 Å². The maximum Gasteiger partial charge on any atom is 0.160 e. The van der Waals surface area contributed by atoms with Gasteiger partial charge in [-0.25, -0.2) is 0 Å². The van der Waals surface area contributed by atoms with Gasteiger partial charge in [-0.3, -0.25) is 4.90 Å². The maximum absolute atomic E-state index is 9.81. The monoisotopic (exact) mass is 265 g/mol. The number of unbranched alkanes of at least 4 members (excludes halogenated alkanes) is 2. The van der Waals surface area contributed by atoms with Crippen molar-refractivity contribution >= 4 is 0 Å². The Labute approximate surface area is 117 Å². The average Bonchev–Trinajstić information content (AvgIpc) is 2.38. The molecule has 0 aliphatic heterocycles. The van der Waals surface area contributed by atoms with Crippen LogP contribution in [0.3, 0.4) is 0 Å². The average molecular weight is 265 g/mol. The molecule has 0 bridgehead atoms. The van der Waals surface area contributed by atoms with Crippen molar-refractivity contribution in [3.63, 3.8) is 0 Å². The summed E-state index contributed by atoms with van der Waals surface area (Å²) >= 11 is 0. The van der Waals surface area contributed by atoms with Crippen LogP contribution in [0.25, 0.3) is 0 Å². The van der Waals surface area contributed by atoms with Gasteiger partial charge in [-0.15, -0.1) is 0 Å². The summed E-state index contributed by atoms with van der Waals surface area (Å²) in [5, 5.41) is 9.81. The van der Waals surface area contributed by atoms with Crippen LogP contribution in [0.1, 0.15) is 45.6 Å². The first-order valence-electron chi connectivity index (χ1n) is 7.18. The molecule has 0 amide bonds. The van der Waals surface area contributed by atoms with Gasteiger partial charge in [0.15, 0.2) is 11.5 Å². The van der Waals surface area contributed by atoms with Crippen LogP contribution in [0.15, 0.2) is 18.2 Å². The molecule has 0 fully saturated rings. The first kappa shape index (κ1) is 15.8. The minimum atomic E-state index is 0.220. The third-order valence-corrected chi connectivity index (χ3v) is 3.41. The Morgan fingerprint density at radius 2 is 2.00 bits per heavy atom. The van der Waals surface area contributed by atoms with E-state index in [-0.39, 0.29) is 5.75 Å². The predicted octanol–water partition coefficient (Wildman–Crippen LogP) is 3.80. The minimum absolute atomic E-state index is 0.220. The molecule has 0 aliphatic carbocycles. The van der Waals surface area contributed by atoms with E-state index in [4.69, 9.17) is 4.74 Å². The zero-order valence-electron chi connectivity index (χ0n) is 12.6. The van der Waals surface area contributed by atoms with Gasteiger partial charge in [-0.05, 0) is 44.5 Å². The smallest absolute Gasteiger partial charge is 0.160 e. The molecule has 0 aromatic heterocycles. The van der Waals surface area contributed by atoms with Crippen LogP contribution in [-0.2, 0) is 6.54 Å². The molecule has 0 aliphatic rings. The first-order valence-corrected chi connectivity index (χ1v) is 7.18. The lowest BCUT2D eigenvalue weighted by molar-refractivity contribution is 0.208. The lowest BCUT2D eigenvalue weighted by atomic mass is 10.1. The number of benzene rings is 1. The summed E-state index contributed by atoms with van der Waals surface area (Å²) in [5.74, 6) is 0.753. The number of phenols is 1. The number of aromatic hydroxyl groups is 1. The summed E-state index contributed by atoms with van der Waals surface area (Å²) in [6.45, 7) is 8.64. The molecule has 0 saturated carbocycles. The van der Waals surface area contributed by atoms with Gasteiger partial charge in [0.25, 0.3) is 0 Å². The summed E-state index contributed by atoms with van der Waals surface area (Å²) in [6, 6.07) is 6.16. The van der Waals surface area contributed by atoms with Gasteiger partial charge < -0.3 is 9.84 Å². The SMILES string of the molecule is CCCCCN(Cc1ccc(OC)c(O)c1)C(C)C. The summed E-state index contributed by atoms with van der Waals surface area (Å²) in [5.41, 5.74) is 1.13. The minimum Gasteiger partial charge on any atom is -0.504 e. The number of nitrogens with zero attached hydrogens (tertiary/aromatic N) is 1. The van der Waals surface area contributed by atoms with Crippen LogP contribution in [0.2, 0.25) is 0 Å². The van der Waals surface area contributed by atoms with E-state index >= 15 is 0 Å². The fourth-order valence-electron chi connectivity index (χ4n) is 2.15. The molecule has 3 heteroatoms. The lowest BCUT2D eigenvalue weighted by Crippen LogP contribution is -2.31. The number of hydrogen-bond donors (Lipinski definition) is 1. The molecule has 3 nitrogen and oxygen atoms in total. The van der Waals surface area contributed by atoms with E-state index in [0.717, 1.165) is 18.7 Å². The Balaban J connectivity index is 2.65. The van der Waals surface area contributed by atoms with Gasteiger partial charge in [-0.2, -0.15) is 0 Å². The third kappa shape index (κ3) is 5.11. The Hall–Kier alpha value is -1.22. The van der Waals surface area contributed by atoms with Crippen molar-refractivity contribution in [1.82, 2.24) is 4.90 Å². The van der Waals surface area contributed by atoms with E-state index in [1.165, 1.54) is 19.3 Å². The van der Waals surface area contributed by atoms with Gasteiger partial charge in [0, 0.05) is 12.6 Å². The van der Waals surface area contributed by atoms with Crippen molar-refractivity contribution in [3.05, 3.63) is 23.8 Å². The summed E-state index contributed by atoms with van der Waals surface area (Å²) < 4.78 is 5.07. The number of ether oxygens (including phenoxy) is 1. The van der Waals surface area contributed by atoms with Crippen LogP contribution >= 0.6 is 0 Å². The van der Waals surface area contributed by atoms with Crippen molar-refractivity contribution in [2.24, 2.45) is 0 Å². The van der Waals surface area contributed by atoms with Gasteiger partial charge in [0.1, 0.15) is 0 Å². The summed E-state index contributed by atoms with van der Waals surface area (Å²) in [4.78, 5) is 2.44. The fourth-order valence-corrected chi connectivity index (χ4v) is 2.15.